The SMILES string of the molecule is CCCC[C@H](NC(=O)CN1C(=O)NC(C)(c2ccc(OC)cc2)C1=O)C(=O)O. The summed E-state index contributed by atoms with van der Waals surface area (Å²) in [6.07, 6.45) is 1.70. The number of carboxylic acids is 1. The molecular formula is C19H25N3O6. The van der Waals surface area contributed by atoms with Gasteiger partial charge in [0.25, 0.3) is 5.91 Å². The van der Waals surface area contributed by atoms with Crippen LogP contribution in [0.1, 0.15) is 38.7 Å². The molecule has 1 aromatic carbocycles. The normalized spacial score (nSPS) is 19.9. The minimum atomic E-state index is -1.32. The summed E-state index contributed by atoms with van der Waals surface area (Å²) in [7, 11) is 1.52. The standard InChI is InChI=1S/C19H25N3O6/c1-4-5-6-14(16(24)25)20-15(23)11-22-17(26)19(2,21-18(22)27)12-7-9-13(28-3)10-8-12/h7-10,14H,4-6,11H2,1-3H3,(H,20,23)(H,21,27)(H,24,25)/t14-,19?/m0/s1. The molecule has 1 aliphatic rings. The molecule has 3 N–H and O–H groups in total. The fourth-order valence-corrected chi connectivity index (χ4v) is 3.01. The van der Waals surface area contributed by atoms with E-state index in [4.69, 9.17) is 4.74 Å². The Morgan fingerprint density at radius 1 is 1.29 bits per heavy atom. The fourth-order valence-electron chi connectivity index (χ4n) is 3.01. The van der Waals surface area contributed by atoms with Crippen molar-refractivity contribution >= 4 is 23.8 Å². The van der Waals surface area contributed by atoms with Gasteiger partial charge in [-0.25, -0.2) is 9.59 Å². The Bertz CT molecular complexity index is 763. The minimum absolute atomic E-state index is 0.279. The van der Waals surface area contributed by atoms with Gasteiger partial charge in [-0.2, -0.15) is 0 Å². The second-order valence-corrected chi connectivity index (χ2v) is 6.78. The number of carboxylic acid groups (broad SMARTS) is 1. The summed E-state index contributed by atoms with van der Waals surface area (Å²) >= 11 is 0. The quantitative estimate of drug-likeness (QED) is 0.544. The molecule has 0 aliphatic carbocycles. The molecule has 1 saturated heterocycles. The van der Waals surface area contributed by atoms with Crippen LogP contribution in [0.25, 0.3) is 0 Å². The van der Waals surface area contributed by atoms with Gasteiger partial charge in [-0.3, -0.25) is 14.5 Å². The zero-order valence-corrected chi connectivity index (χ0v) is 16.2. The van der Waals surface area contributed by atoms with E-state index in [9.17, 15) is 24.3 Å². The maximum atomic E-state index is 12.8. The van der Waals surface area contributed by atoms with E-state index in [0.29, 0.717) is 17.7 Å². The highest BCUT2D eigenvalue weighted by atomic mass is 16.5. The molecule has 9 heteroatoms. The van der Waals surface area contributed by atoms with E-state index in [1.165, 1.54) is 7.11 Å². The number of hydrogen-bond acceptors (Lipinski definition) is 5. The van der Waals surface area contributed by atoms with Gasteiger partial charge in [-0.15, -0.1) is 0 Å². The lowest BCUT2D eigenvalue weighted by Crippen LogP contribution is -2.47. The summed E-state index contributed by atoms with van der Waals surface area (Å²) in [5.74, 6) is -1.83. The van der Waals surface area contributed by atoms with Crippen LogP contribution in [-0.4, -0.2) is 53.5 Å². The van der Waals surface area contributed by atoms with Gasteiger partial charge in [0, 0.05) is 0 Å². The third kappa shape index (κ3) is 4.41. The van der Waals surface area contributed by atoms with Crippen LogP contribution in [0.15, 0.2) is 24.3 Å². The Kier molecular flexibility index (Phi) is 6.61. The van der Waals surface area contributed by atoms with Crippen molar-refractivity contribution in [2.24, 2.45) is 0 Å². The number of amides is 4. The number of rotatable bonds is 9. The monoisotopic (exact) mass is 391 g/mol. The first-order valence-corrected chi connectivity index (χ1v) is 9.03. The number of methoxy groups -OCH3 is 1. The molecule has 1 heterocycles. The van der Waals surface area contributed by atoms with Crippen molar-refractivity contribution < 1.29 is 29.0 Å². The Morgan fingerprint density at radius 2 is 1.93 bits per heavy atom. The summed E-state index contributed by atoms with van der Waals surface area (Å²) in [5.41, 5.74) is -0.779. The molecule has 4 amide bonds. The van der Waals surface area contributed by atoms with Gasteiger partial charge in [0.2, 0.25) is 5.91 Å². The van der Waals surface area contributed by atoms with E-state index in [2.05, 4.69) is 10.6 Å². The van der Waals surface area contributed by atoms with Gasteiger partial charge in [0.15, 0.2) is 0 Å². The number of unbranched alkanes of at least 4 members (excludes halogenated alkanes) is 1. The molecule has 0 radical (unpaired) electrons. The molecule has 0 spiro atoms. The van der Waals surface area contributed by atoms with Gasteiger partial charge in [-0.05, 0) is 31.0 Å². The molecule has 1 aliphatic heterocycles. The Labute approximate surface area is 163 Å². The molecule has 2 atom stereocenters. The molecule has 0 aromatic heterocycles. The summed E-state index contributed by atoms with van der Waals surface area (Å²) in [6.45, 7) is 2.91. The predicted octanol–water partition coefficient (Wildman–Crippen LogP) is 1.22. The summed E-state index contributed by atoms with van der Waals surface area (Å²) in [5, 5.41) is 14.2. The largest absolute Gasteiger partial charge is 0.497 e. The van der Waals surface area contributed by atoms with Crippen LogP contribution in [0.2, 0.25) is 0 Å². The summed E-state index contributed by atoms with van der Waals surface area (Å²) in [4.78, 5) is 49.4. The van der Waals surface area contributed by atoms with Crippen LogP contribution in [0, 0.1) is 0 Å². The average Bonchev–Trinajstić information content (AvgIpc) is 2.89. The van der Waals surface area contributed by atoms with Crippen LogP contribution in [0.4, 0.5) is 4.79 Å². The van der Waals surface area contributed by atoms with Gasteiger partial charge in [0.1, 0.15) is 23.9 Å². The zero-order valence-electron chi connectivity index (χ0n) is 16.2. The van der Waals surface area contributed by atoms with E-state index in [0.717, 1.165) is 11.3 Å². The third-order valence-corrected chi connectivity index (χ3v) is 4.72. The number of nitrogens with one attached hydrogen (secondary N) is 2. The summed E-state index contributed by atoms with van der Waals surface area (Å²) in [6, 6.07) is 4.89. The molecule has 1 fully saturated rings. The van der Waals surface area contributed by atoms with Gasteiger partial charge >= 0.3 is 12.0 Å². The van der Waals surface area contributed by atoms with Crippen molar-refractivity contribution in [1.82, 2.24) is 15.5 Å². The molecule has 9 nitrogen and oxygen atoms in total. The molecule has 152 valence electrons. The van der Waals surface area contributed by atoms with Gasteiger partial charge in [0.05, 0.1) is 7.11 Å². The molecule has 0 saturated carbocycles. The third-order valence-electron chi connectivity index (χ3n) is 4.72. The highest BCUT2D eigenvalue weighted by Gasteiger charge is 2.49. The fraction of sp³-hybridized carbons (Fsp3) is 0.474. The minimum Gasteiger partial charge on any atom is -0.497 e. The van der Waals surface area contributed by atoms with Crippen molar-refractivity contribution in [1.29, 1.82) is 0 Å². The lowest BCUT2D eigenvalue weighted by molar-refractivity contribution is -0.142. The number of benzene rings is 1. The number of urea groups is 1. The summed E-state index contributed by atoms with van der Waals surface area (Å²) < 4.78 is 5.09. The lowest BCUT2D eigenvalue weighted by Gasteiger charge is -2.22. The number of carbonyl (C=O) groups is 4. The maximum Gasteiger partial charge on any atom is 0.326 e. The van der Waals surface area contributed by atoms with Crippen LogP contribution in [0.5, 0.6) is 5.75 Å². The van der Waals surface area contributed by atoms with Crippen LogP contribution < -0.4 is 15.4 Å². The number of ether oxygens (including phenoxy) is 1. The van der Waals surface area contributed by atoms with Crippen molar-refractivity contribution in [3.05, 3.63) is 29.8 Å². The molecular weight excluding hydrogens is 366 g/mol. The second kappa shape index (κ2) is 8.73. The van der Waals surface area contributed by atoms with Crippen molar-refractivity contribution in [2.45, 2.75) is 44.7 Å². The lowest BCUT2D eigenvalue weighted by atomic mass is 9.92. The molecule has 0 bridgehead atoms. The molecule has 1 aromatic rings. The number of carbonyl (C=O) groups excluding carboxylic acids is 3. The zero-order chi connectivity index (χ0) is 20.9. The molecule has 2 rings (SSSR count). The second-order valence-electron chi connectivity index (χ2n) is 6.78. The molecule has 1 unspecified atom stereocenters. The van der Waals surface area contributed by atoms with E-state index in [-0.39, 0.29) is 6.42 Å². The first-order valence-electron chi connectivity index (χ1n) is 9.03. The maximum absolute atomic E-state index is 12.8. The van der Waals surface area contributed by atoms with Crippen LogP contribution in [0.3, 0.4) is 0 Å². The first-order chi connectivity index (χ1) is 13.2. The predicted molar refractivity (Wildman–Crippen MR) is 99.7 cm³/mol. The van der Waals surface area contributed by atoms with E-state index >= 15 is 0 Å². The number of nitrogens with zero attached hydrogens (tertiary/aromatic N) is 1. The number of hydrogen-bond donors (Lipinski definition) is 3. The number of aliphatic carboxylic acids is 1. The highest BCUT2D eigenvalue weighted by Crippen LogP contribution is 2.29. The van der Waals surface area contributed by atoms with Crippen molar-refractivity contribution in [2.75, 3.05) is 13.7 Å². The van der Waals surface area contributed by atoms with E-state index in [1.807, 2.05) is 6.92 Å². The smallest absolute Gasteiger partial charge is 0.326 e. The Hall–Kier alpha value is -3.10. The Balaban J connectivity index is 2.10. The Morgan fingerprint density at radius 3 is 2.46 bits per heavy atom. The highest BCUT2D eigenvalue weighted by molar-refractivity contribution is 6.09. The van der Waals surface area contributed by atoms with Crippen LogP contribution in [-0.2, 0) is 19.9 Å². The van der Waals surface area contributed by atoms with Gasteiger partial charge in [-0.1, -0.05) is 31.9 Å². The first kappa shape index (κ1) is 21.2. The van der Waals surface area contributed by atoms with Gasteiger partial charge < -0.3 is 20.5 Å². The van der Waals surface area contributed by atoms with Crippen molar-refractivity contribution in [3.63, 3.8) is 0 Å². The topological polar surface area (TPSA) is 125 Å². The molecule has 28 heavy (non-hydrogen) atoms. The average molecular weight is 391 g/mol. The number of imide groups is 1. The van der Waals surface area contributed by atoms with Crippen molar-refractivity contribution in [3.8, 4) is 5.75 Å². The van der Waals surface area contributed by atoms with E-state index < -0.39 is 41.9 Å². The van der Waals surface area contributed by atoms with E-state index in [1.54, 1.807) is 31.2 Å². The van der Waals surface area contributed by atoms with Crippen LogP contribution >= 0.6 is 0 Å².